The van der Waals surface area contributed by atoms with E-state index in [0.29, 0.717) is 18.6 Å². The molecule has 1 aromatic carbocycles. The first-order valence-corrected chi connectivity index (χ1v) is 9.30. The Labute approximate surface area is 127 Å². The van der Waals surface area contributed by atoms with Gasteiger partial charge in [-0.2, -0.15) is 0 Å². The van der Waals surface area contributed by atoms with Crippen molar-refractivity contribution >= 4 is 9.84 Å². The highest BCUT2D eigenvalue weighted by Crippen LogP contribution is 2.39. The minimum atomic E-state index is -3.04. The molecular weight excluding hydrogens is 288 g/mol. The molecule has 0 amide bonds. The van der Waals surface area contributed by atoms with Crippen molar-refractivity contribution in [2.75, 3.05) is 13.4 Å². The molecule has 3 unspecified atom stereocenters. The Kier molecular flexibility index (Phi) is 4.94. The highest BCUT2D eigenvalue weighted by Gasteiger charge is 2.33. The summed E-state index contributed by atoms with van der Waals surface area (Å²) in [5.74, 6) is 0.638. The zero-order valence-corrected chi connectivity index (χ0v) is 13.7. The molecular formula is C16H24O4S. The van der Waals surface area contributed by atoms with Crippen LogP contribution in [0.3, 0.4) is 0 Å². The first kappa shape index (κ1) is 16.3. The van der Waals surface area contributed by atoms with Crippen LogP contribution in [0, 0.1) is 12.8 Å². The van der Waals surface area contributed by atoms with Gasteiger partial charge in [-0.3, -0.25) is 0 Å². The Morgan fingerprint density at radius 3 is 2.67 bits per heavy atom. The summed E-state index contributed by atoms with van der Waals surface area (Å²) in [7, 11) is -1.45. The van der Waals surface area contributed by atoms with E-state index in [4.69, 9.17) is 4.74 Å². The molecule has 1 aliphatic carbocycles. The number of rotatable bonds is 4. The van der Waals surface area contributed by atoms with Crippen molar-refractivity contribution in [3.63, 3.8) is 0 Å². The average molecular weight is 312 g/mol. The molecule has 0 aliphatic heterocycles. The first-order valence-electron chi connectivity index (χ1n) is 7.34. The van der Waals surface area contributed by atoms with Gasteiger partial charge in [0.25, 0.3) is 0 Å². The molecule has 1 saturated carbocycles. The molecule has 0 aromatic heterocycles. The predicted octanol–water partition coefficient (Wildman–Crippen LogP) is 2.64. The second kappa shape index (κ2) is 6.36. The number of ether oxygens (including phenoxy) is 1. The van der Waals surface area contributed by atoms with Crippen LogP contribution in [0.2, 0.25) is 0 Å². The summed E-state index contributed by atoms with van der Waals surface area (Å²) in [6, 6.07) is 5.72. The van der Waals surface area contributed by atoms with Gasteiger partial charge in [0.05, 0.1) is 18.5 Å². The monoisotopic (exact) mass is 312 g/mol. The predicted molar refractivity (Wildman–Crippen MR) is 83.3 cm³/mol. The number of aryl methyl sites for hydroxylation is 1. The van der Waals surface area contributed by atoms with Gasteiger partial charge < -0.3 is 9.84 Å². The molecule has 1 N–H and O–H groups in total. The lowest BCUT2D eigenvalue weighted by Crippen LogP contribution is -2.30. The van der Waals surface area contributed by atoms with Crippen molar-refractivity contribution in [3.8, 4) is 5.75 Å². The van der Waals surface area contributed by atoms with Gasteiger partial charge >= 0.3 is 0 Å². The molecule has 5 heteroatoms. The van der Waals surface area contributed by atoms with E-state index in [0.717, 1.165) is 24.0 Å². The Hall–Kier alpha value is -1.07. The van der Waals surface area contributed by atoms with Gasteiger partial charge in [0.1, 0.15) is 15.6 Å². The summed E-state index contributed by atoms with van der Waals surface area (Å²) < 4.78 is 28.9. The van der Waals surface area contributed by atoms with Crippen molar-refractivity contribution in [1.82, 2.24) is 0 Å². The lowest BCUT2D eigenvalue weighted by molar-refractivity contribution is 0.0833. The number of hydrogen-bond donors (Lipinski definition) is 1. The summed E-state index contributed by atoms with van der Waals surface area (Å²) in [5.41, 5.74) is 1.82. The Bertz CT molecular complexity index is 594. The van der Waals surface area contributed by atoms with Crippen LogP contribution in [0.1, 0.15) is 42.9 Å². The maximum absolute atomic E-state index is 11.8. The number of methoxy groups -OCH3 is 1. The molecule has 2 rings (SSSR count). The van der Waals surface area contributed by atoms with E-state index >= 15 is 0 Å². The third-order valence-electron chi connectivity index (χ3n) is 4.43. The summed E-state index contributed by atoms with van der Waals surface area (Å²) >= 11 is 0. The van der Waals surface area contributed by atoms with Crippen LogP contribution in [0.4, 0.5) is 0 Å². The first-order chi connectivity index (χ1) is 9.82. The summed E-state index contributed by atoms with van der Waals surface area (Å²) in [5, 5.41) is 10.3. The fraction of sp³-hybridized carbons (Fsp3) is 0.625. The SMILES string of the molecule is COc1cc(C)ccc1C(O)C1CCCC(S(C)(=O)=O)C1. The quantitative estimate of drug-likeness (QED) is 0.928. The normalized spacial score (nSPS) is 24.6. The van der Waals surface area contributed by atoms with Crippen molar-refractivity contribution in [2.45, 2.75) is 44.0 Å². The van der Waals surface area contributed by atoms with Gasteiger partial charge in [0, 0.05) is 11.8 Å². The van der Waals surface area contributed by atoms with Crippen LogP contribution in [0.5, 0.6) is 5.75 Å². The van der Waals surface area contributed by atoms with Crippen molar-refractivity contribution in [1.29, 1.82) is 0 Å². The van der Waals surface area contributed by atoms with Crippen molar-refractivity contribution < 1.29 is 18.3 Å². The van der Waals surface area contributed by atoms with Crippen molar-refractivity contribution in [2.24, 2.45) is 5.92 Å². The smallest absolute Gasteiger partial charge is 0.150 e. The molecule has 4 nitrogen and oxygen atoms in total. The number of aliphatic hydroxyl groups is 1. The standard InChI is InChI=1S/C16H24O4S/c1-11-7-8-14(15(9-11)20-2)16(17)12-5-4-6-13(10-12)21(3,18)19/h7-9,12-13,16-17H,4-6,10H2,1-3H3. The van der Waals surface area contributed by atoms with Gasteiger partial charge in [-0.25, -0.2) is 8.42 Å². The van der Waals surface area contributed by atoms with Crippen LogP contribution >= 0.6 is 0 Å². The maximum Gasteiger partial charge on any atom is 0.150 e. The molecule has 0 spiro atoms. The van der Waals surface area contributed by atoms with Crippen LogP contribution in [-0.4, -0.2) is 32.1 Å². The highest BCUT2D eigenvalue weighted by molar-refractivity contribution is 7.91. The lowest BCUT2D eigenvalue weighted by atomic mass is 9.82. The van der Waals surface area contributed by atoms with E-state index in [9.17, 15) is 13.5 Å². The lowest BCUT2D eigenvalue weighted by Gasteiger charge is -2.32. The molecule has 21 heavy (non-hydrogen) atoms. The molecule has 0 saturated heterocycles. The summed E-state index contributed by atoms with van der Waals surface area (Å²) in [6.07, 6.45) is 3.53. The molecule has 1 fully saturated rings. The van der Waals surface area contributed by atoms with Crippen LogP contribution in [0.15, 0.2) is 18.2 Å². The van der Waals surface area contributed by atoms with Gasteiger partial charge in [0.2, 0.25) is 0 Å². The fourth-order valence-electron chi connectivity index (χ4n) is 3.17. The maximum atomic E-state index is 11.8. The second-order valence-corrected chi connectivity index (χ2v) is 8.39. The molecule has 118 valence electrons. The van der Waals surface area contributed by atoms with Crippen LogP contribution < -0.4 is 4.74 Å². The third kappa shape index (κ3) is 3.77. The number of sulfone groups is 1. The minimum absolute atomic E-state index is 0.0323. The van der Waals surface area contributed by atoms with E-state index in [1.165, 1.54) is 6.26 Å². The number of hydrogen-bond acceptors (Lipinski definition) is 4. The molecule has 3 atom stereocenters. The zero-order chi connectivity index (χ0) is 15.6. The van der Waals surface area contributed by atoms with Crippen molar-refractivity contribution in [3.05, 3.63) is 29.3 Å². The Morgan fingerprint density at radius 2 is 2.05 bits per heavy atom. The van der Waals surface area contributed by atoms with Crippen LogP contribution in [-0.2, 0) is 9.84 Å². The van der Waals surface area contributed by atoms with Gasteiger partial charge in [-0.15, -0.1) is 0 Å². The molecule has 0 bridgehead atoms. The van der Waals surface area contributed by atoms with E-state index in [1.807, 2.05) is 25.1 Å². The second-order valence-electron chi connectivity index (χ2n) is 6.07. The molecule has 1 aliphatic rings. The molecule has 0 heterocycles. The minimum Gasteiger partial charge on any atom is -0.496 e. The van der Waals surface area contributed by atoms with E-state index in [-0.39, 0.29) is 11.2 Å². The molecule has 0 radical (unpaired) electrons. The number of aliphatic hydroxyl groups excluding tert-OH is 1. The summed E-state index contributed by atoms with van der Waals surface area (Å²) in [6.45, 7) is 1.97. The Balaban J connectivity index is 2.21. The zero-order valence-electron chi connectivity index (χ0n) is 12.9. The molecule has 1 aromatic rings. The largest absolute Gasteiger partial charge is 0.496 e. The van der Waals surface area contributed by atoms with E-state index < -0.39 is 15.9 Å². The number of benzene rings is 1. The van der Waals surface area contributed by atoms with Gasteiger partial charge in [-0.05, 0) is 43.7 Å². The van der Waals surface area contributed by atoms with Gasteiger partial charge in [0.15, 0.2) is 0 Å². The van der Waals surface area contributed by atoms with E-state index in [1.54, 1.807) is 7.11 Å². The third-order valence-corrected chi connectivity index (χ3v) is 6.07. The van der Waals surface area contributed by atoms with Gasteiger partial charge in [-0.1, -0.05) is 18.6 Å². The summed E-state index contributed by atoms with van der Waals surface area (Å²) in [4.78, 5) is 0. The fourth-order valence-corrected chi connectivity index (χ4v) is 4.36. The Morgan fingerprint density at radius 1 is 1.33 bits per heavy atom. The average Bonchev–Trinajstić information content (AvgIpc) is 2.45. The highest BCUT2D eigenvalue weighted by atomic mass is 32.2. The topological polar surface area (TPSA) is 63.6 Å². The van der Waals surface area contributed by atoms with Crippen LogP contribution in [0.25, 0.3) is 0 Å². The van der Waals surface area contributed by atoms with E-state index in [2.05, 4.69) is 0 Å².